The predicted octanol–water partition coefficient (Wildman–Crippen LogP) is 2.37. The van der Waals surface area contributed by atoms with E-state index < -0.39 is 22.8 Å². The van der Waals surface area contributed by atoms with Crippen LogP contribution in [0.5, 0.6) is 5.75 Å². The highest BCUT2D eigenvalue weighted by Crippen LogP contribution is 2.41. The molecule has 1 aliphatic rings. The summed E-state index contributed by atoms with van der Waals surface area (Å²) in [5.41, 5.74) is 0.567. The van der Waals surface area contributed by atoms with Crippen LogP contribution in [0.4, 0.5) is 0 Å². The van der Waals surface area contributed by atoms with Gasteiger partial charge in [-0.25, -0.2) is 0 Å². The summed E-state index contributed by atoms with van der Waals surface area (Å²) >= 11 is 0. The lowest BCUT2D eigenvalue weighted by Gasteiger charge is -2.42. The van der Waals surface area contributed by atoms with Crippen LogP contribution in [0, 0.1) is 21.4 Å². The van der Waals surface area contributed by atoms with Gasteiger partial charge in [0.05, 0.1) is 24.3 Å². The zero-order valence-electron chi connectivity index (χ0n) is 16.8. The van der Waals surface area contributed by atoms with Crippen LogP contribution in [-0.4, -0.2) is 33.1 Å². The minimum atomic E-state index is -1.01. The number of nitriles is 1. The maximum absolute atomic E-state index is 12.9. The number of nitrogens with zero attached hydrogens (tertiary/aromatic N) is 3. The van der Waals surface area contributed by atoms with Crippen molar-refractivity contribution in [1.82, 2.24) is 4.57 Å². The number of aryl methyl sites for hydroxylation is 1. The fourth-order valence-electron chi connectivity index (χ4n) is 3.62. The van der Waals surface area contributed by atoms with Crippen LogP contribution in [-0.2, 0) is 11.3 Å². The number of ether oxygens (including phenoxy) is 1. The monoisotopic (exact) mass is 413 g/mol. The van der Waals surface area contributed by atoms with E-state index in [0.717, 1.165) is 5.56 Å². The van der Waals surface area contributed by atoms with Crippen molar-refractivity contribution in [2.45, 2.75) is 50.9 Å². The van der Waals surface area contributed by atoms with Crippen molar-refractivity contribution >= 4 is 0 Å². The number of aliphatic hydroxyl groups excluding tert-OH is 1. The van der Waals surface area contributed by atoms with Crippen molar-refractivity contribution in [2.75, 3.05) is 6.61 Å². The van der Waals surface area contributed by atoms with Gasteiger partial charge in [-0.1, -0.05) is 0 Å². The van der Waals surface area contributed by atoms with Crippen LogP contribution in [0.15, 0.2) is 41.3 Å². The molecular formula is C21H23N3O6. The van der Waals surface area contributed by atoms with Crippen molar-refractivity contribution in [3.63, 3.8) is 0 Å². The van der Waals surface area contributed by atoms with Crippen LogP contribution in [0.2, 0.25) is 0 Å². The lowest BCUT2D eigenvalue weighted by Crippen LogP contribution is -2.52. The van der Waals surface area contributed by atoms with Crippen molar-refractivity contribution in [2.24, 2.45) is 0 Å². The van der Waals surface area contributed by atoms with Crippen LogP contribution in [0.1, 0.15) is 49.4 Å². The molecule has 1 aromatic heterocycles. The molecule has 0 spiro atoms. The predicted molar refractivity (Wildman–Crippen MR) is 107 cm³/mol. The number of rotatable bonds is 7. The average molecular weight is 413 g/mol. The smallest absolute Gasteiger partial charge is 0.294 e. The van der Waals surface area contributed by atoms with Crippen molar-refractivity contribution in [3.8, 4) is 11.8 Å². The van der Waals surface area contributed by atoms with Crippen molar-refractivity contribution < 1.29 is 19.8 Å². The Hall–Kier alpha value is -3.38. The summed E-state index contributed by atoms with van der Waals surface area (Å²) in [6.45, 7) is 3.52. The molecule has 9 heteroatoms. The Morgan fingerprint density at radius 3 is 2.77 bits per heavy atom. The van der Waals surface area contributed by atoms with Gasteiger partial charge in [0.25, 0.3) is 10.6 Å². The first-order valence-corrected chi connectivity index (χ1v) is 9.62. The van der Waals surface area contributed by atoms with E-state index in [-0.39, 0.29) is 12.2 Å². The molecule has 0 fully saturated rings. The Morgan fingerprint density at radius 1 is 1.33 bits per heavy atom. The molecule has 2 aromatic rings. The van der Waals surface area contributed by atoms with E-state index in [0.29, 0.717) is 36.1 Å². The zero-order valence-corrected chi connectivity index (χ0v) is 16.8. The number of benzene rings is 1. The van der Waals surface area contributed by atoms with Gasteiger partial charge < -0.3 is 19.2 Å². The number of unbranched alkanes of at least 4 members (excludes halogenated alkanes) is 1. The largest absolute Gasteiger partial charge is 0.485 e. The third kappa shape index (κ3) is 4.44. The molecule has 9 nitrogen and oxygen atoms in total. The first kappa shape index (κ1) is 21.3. The van der Waals surface area contributed by atoms with Gasteiger partial charge in [0.2, 0.25) is 0 Å². The first-order chi connectivity index (χ1) is 14.2. The minimum Gasteiger partial charge on any atom is -0.485 e. The lowest BCUT2D eigenvalue weighted by atomic mass is 9.85. The van der Waals surface area contributed by atoms with Gasteiger partial charge >= 0.3 is 0 Å². The Labute approximate surface area is 173 Å². The van der Waals surface area contributed by atoms with Crippen LogP contribution >= 0.6 is 0 Å². The van der Waals surface area contributed by atoms with Gasteiger partial charge in [-0.15, -0.1) is 10.1 Å². The van der Waals surface area contributed by atoms with Crippen LogP contribution < -0.4 is 10.3 Å². The Balaban J connectivity index is 1.87. The highest BCUT2D eigenvalue weighted by molar-refractivity contribution is 5.46. The molecule has 0 amide bonds. The minimum absolute atomic E-state index is 0.0193. The fraction of sp³-hybridized carbons (Fsp3) is 0.429. The number of pyridine rings is 1. The van der Waals surface area contributed by atoms with Gasteiger partial charge in [0.15, 0.2) is 0 Å². The Morgan fingerprint density at radius 2 is 2.10 bits per heavy atom. The summed E-state index contributed by atoms with van der Waals surface area (Å²) in [6, 6.07) is 9.61. The molecule has 0 unspecified atom stereocenters. The molecule has 0 saturated carbocycles. The second-order valence-electron chi connectivity index (χ2n) is 7.75. The van der Waals surface area contributed by atoms with Crippen LogP contribution in [0.3, 0.4) is 0 Å². The zero-order chi connectivity index (χ0) is 21.9. The molecule has 158 valence electrons. The van der Waals surface area contributed by atoms with E-state index >= 15 is 0 Å². The summed E-state index contributed by atoms with van der Waals surface area (Å²) in [5.74, 6) is 0.524. The number of aromatic nitrogens is 1. The van der Waals surface area contributed by atoms with Crippen LogP contribution in [0.25, 0.3) is 0 Å². The highest BCUT2D eigenvalue weighted by atomic mass is 16.9. The van der Waals surface area contributed by atoms with Crippen molar-refractivity contribution in [3.05, 3.63) is 73.7 Å². The molecule has 1 aromatic carbocycles. The Kier molecular flexibility index (Phi) is 6.08. The van der Waals surface area contributed by atoms with Crippen molar-refractivity contribution in [1.29, 1.82) is 5.26 Å². The fourth-order valence-corrected chi connectivity index (χ4v) is 3.62. The summed E-state index contributed by atoms with van der Waals surface area (Å²) in [4.78, 5) is 27.3. The summed E-state index contributed by atoms with van der Waals surface area (Å²) in [5, 5.41) is 29.5. The second kappa shape index (κ2) is 8.55. The molecular weight excluding hydrogens is 390 g/mol. The normalized spacial score (nSPS) is 19.3. The number of hydrogen-bond donors (Lipinski definition) is 1. The van der Waals surface area contributed by atoms with E-state index in [9.17, 15) is 25.3 Å². The quantitative estimate of drug-likeness (QED) is 0.419. The Bertz CT molecular complexity index is 1040. The van der Waals surface area contributed by atoms with Gasteiger partial charge in [-0.3, -0.25) is 4.79 Å². The molecule has 2 heterocycles. The molecule has 0 radical (unpaired) electrons. The summed E-state index contributed by atoms with van der Waals surface area (Å²) in [7, 11) is 0. The second-order valence-corrected chi connectivity index (χ2v) is 7.75. The molecule has 0 saturated heterocycles. The molecule has 3 rings (SSSR count). The number of fused-ring (bicyclic) bond motifs is 1. The number of hydrogen-bond acceptors (Lipinski definition) is 7. The molecule has 1 N–H and O–H groups in total. The topological polar surface area (TPSA) is 128 Å². The standard InChI is InChI=1S/C21H23N3O6/c1-21(2)20(26)19(16-11-15(13-22)6-7-17(16)30-21)23-9-8-14(12-18(23)25)5-3-4-10-29-24(27)28/h6-9,11-12,19-20,26H,3-5,10H2,1-2H3/t19-,20+/m1/s1. The molecule has 2 atom stereocenters. The maximum atomic E-state index is 12.9. The number of aliphatic hydroxyl groups is 1. The molecule has 30 heavy (non-hydrogen) atoms. The highest BCUT2D eigenvalue weighted by Gasteiger charge is 2.44. The third-order valence-corrected chi connectivity index (χ3v) is 5.21. The van der Waals surface area contributed by atoms with E-state index in [1.165, 1.54) is 10.6 Å². The van der Waals surface area contributed by atoms with Gasteiger partial charge in [-0.05, 0) is 62.9 Å². The van der Waals surface area contributed by atoms with Gasteiger partial charge in [-0.2, -0.15) is 5.26 Å². The maximum Gasteiger partial charge on any atom is 0.294 e. The molecule has 0 aliphatic carbocycles. The SMILES string of the molecule is CC1(C)Oc2ccc(C#N)cc2[C@@H](n2ccc(CCCCO[N+](=O)[O-])cc2=O)[C@@H]1O. The first-order valence-electron chi connectivity index (χ1n) is 9.62. The van der Waals surface area contributed by atoms with E-state index in [2.05, 4.69) is 10.9 Å². The third-order valence-electron chi connectivity index (χ3n) is 5.21. The van der Waals surface area contributed by atoms with Gasteiger partial charge in [0, 0.05) is 17.8 Å². The average Bonchev–Trinajstić information content (AvgIpc) is 2.69. The summed E-state index contributed by atoms with van der Waals surface area (Å²) < 4.78 is 7.36. The lowest BCUT2D eigenvalue weighted by molar-refractivity contribution is -0.757. The molecule has 0 bridgehead atoms. The van der Waals surface area contributed by atoms with E-state index in [4.69, 9.17) is 4.74 Å². The van der Waals surface area contributed by atoms with Gasteiger partial charge in [0.1, 0.15) is 17.5 Å². The molecule has 1 aliphatic heterocycles. The van der Waals surface area contributed by atoms with E-state index in [1.54, 1.807) is 44.3 Å². The van der Waals surface area contributed by atoms with E-state index in [1.807, 2.05) is 0 Å². The summed E-state index contributed by atoms with van der Waals surface area (Å²) in [6.07, 6.45) is 2.33.